The van der Waals surface area contributed by atoms with E-state index in [1.807, 2.05) is 0 Å². The molecule has 0 aliphatic rings. The van der Waals surface area contributed by atoms with E-state index in [2.05, 4.69) is 4.52 Å². The monoisotopic (exact) mass is 153 g/mol. The third-order valence-electron chi connectivity index (χ3n) is 0.713. The Morgan fingerprint density at radius 2 is 2.00 bits per heavy atom. The molecule has 0 bridgehead atoms. The van der Waals surface area contributed by atoms with Gasteiger partial charge in [-0.25, -0.2) is 0 Å². The molecule has 1 atom stereocenters. The van der Waals surface area contributed by atoms with E-state index in [-0.39, 0.29) is 0 Å². The lowest BCUT2D eigenvalue weighted by Gasteiger charge is -1.97. The standard InChI is InChI=1S/C5H2N2O2P/c1-2-5(3-6,4-7)9-10-8/h1,10H/q+1. The summed E-state index contributed by atoms with van der Waals surface area (Å²) >= 11 is 0. The maximum atomic E-state index is 9.83. The van der Waals surface area contributed by atoms with Crippen LogP contribution in [0.3, 0.4) is 0 Å². The summed E-state index contributed by atoms with van der Waals surface area (Å²) < 4.78 is 14.0. The number of rotatable bonds is 2. The van der Waals surface area contributed by atoms with E-state index in [0.717, 1.165) is 0 Å². The minimum absolute atomic E-state index is 1.21. The highest BCUT2D eigenvalue weighted by molar-refractivity contribution is 7.17. The lowest BCUT2D eigenvalue weighted by molar-refractivity contribution is 0.272. The molecule has 4 nitrogen and oxygen atoms in total. The first kappa shape index (κ1) is 8.60. The second-order valence-electron chi connectivity index (χ2n) is 1.23. The van der Waals surface area contributed by atoms with Gasteiger partial charge in [-0.2, -0.15) is 10.5 Å². The third kappa shape index (κ3) is 1.54. The van der Waals surface area contributed by atoms with Crippen molar-refractivity contribution < 1.29 is 9.09 Å². The Labute approximate surface area is 59.3 Å². The van der Waals surface area contributed by atoms with Crippen molar-refractivity contribution in [3.63, 3.8) is 0 Å². The molecule has 0 aromatic heterocycles. The van der Waals surface area contributed by atoms with Crippen molar-refractivity contribution in [3.8, 4) is 24.5 Å². The zero-order chi connectivity index (χ0) is 8.04. The van der Waals surface area contributed by atoms with Gasteiger partial charge in [0.2, 0.25) is 0 Å². The van der Waals surface area contributed by atoms with Crippen LogP contribution in [0.5, 0.6) is 0 Å². The number of terminal acetylenes is 1. The molecule has 0 N–H and O–H groups in total. The van der Waals surface area contributed by atoms with Crippen LogP contribution >= 0.6 is 8.69 Å². The van der Waals surface area contributed by atoms with E-state index < -0.39 is 14.3 Å². The largest absolute Gasteiger partial charge is 0.497 e. The van der Waals surface area contributed by atoms with Crippen molar-refractivity contribution in [2.75, 3.05) is 0 Å². The molecule has 0 spiro atoms. The summed E-state index contributed by atoms with van der Waals surface area (Å²) in [5.74, 6) is 1.78. The molecule has 0 aromatic carbocycles. The minimum Gasteiger partial charge on any atom is -0.193 e. The van der Waals surface area contributed by atoms with Crippen LogP contribution in [0.1, 0.15) is 0 Å². The fraction of sp³-hybridized carbons (Fsp3) is 0.200. The second-order valence-corrected chi connectivity index (χ2v) is 1.61. The fourth-order valence-electron chi connectivity index (χ4n) is 0.227. The van der Waals surface area contributed by atoms with Crippen molar-refractivity contribution in [2.45, 2.75) is 5.60 Å². The maximum absolute atomic E-state index is 9.83. The van der Waals surface area contributed by atoms with Gasteiger partial charge in [0, 0.05) is 0 Å². The lowest BCUT2D eigenvalue weighted by atomic mass is 10.1. The van der Waals surface area contributed by atoms with Crippen LogP contribution in [0.2, 0.25) is 0 Å². The summed E-state index contributed by atoms with van der Waals surface area (Å²) in [6.45, 7) is 0. The molecular formula is C5H2N2O2P+. The molecule has 0 aliphatic carbocycles. The predicted molar refractivity (Wildman–Crippen MR) is 32.9 cm³/mol. The quantitative estimate of drug-likeness (QED) is 0.424. The number of hydrogen-bond donors (Lipinski definition) is 0. The van der Waals surface area contributed by atoms with Gasteiger partial charge in [0.1, 0.15) is 12.1 Å². The van der Waals surface area contributed by atoms with Crippen LogP contribution < -0.4 is 0 Å². The first-order valence-electron chi connectivity index (χ1n) is 2.10. The van der Waals surface area contributed by atoms with Crippen molar-refractivity contribution in [1.82, 2.24) is 0 Å². The summed E-state index contributed by atoms with van der Waals surface area (Å²) in [7, 11) is -1.21. The topological polar surface area (TPSA) is 73.9 Å². The Bertz CT molecular complexity index is 218. The van der Waals surface area contributed by atoms with Gasteiger partial charge >= 0.3 is 14.3 Å². The number of hydrogen-bond acceptors (Lipinski definition) is 4. The highest BCUT2D eigenvalue weighted by atomic mass is 31.1. The normalized spacial score (nSPS) is 9.30. The molecule has 0 aliphatic heterocycles. The molecule has 0 heterocycles. The first-order valence-corrected chi connectivity index (χ1v) is 2.91. The average molecular weight is 153 g/mol. The Morgan fingerprint density at radius 3 is 2.10 bits per heavy atom. The van der Waals surface area contributed by atoms with Crippen LogP contribution in [-0.4, -0.2) is 5.60 Å². The van der Waals surface area contributed by atoms with Gasteiger partial charge in [0.25, 0.3) is 0 Å². The van der Waals surface area contributed by atoms with Crippen molar-refractivity contribution in [2.24, 2.45) is 0 Å². The van der Waals surface area contributed by atoms with Crippen molar-refractivity contribution in [3.05, 3.63) is 0 Å². The van der Waals surface area contributed by atoms with Gasteiger partial charge in [-0.15, -0.1) is 6.42 Å². The first-order chi connectivity index (χ1) is 4.74. The average Bonchev–Trinajstić information content (AvgIpc) is 2.01. The molecule has 1 unspecified atom stereocenters. The summed E-state index contributed by atoms with van der Waals surface area (Å²) in [5, 5.41) is 16.5. The summed E-state index contributed by atoms with van der Waals surface area (Å²) in [6, 6.07) is 2.81. The van der Waals surface area contributed by atoms with Crippen LogP contribution in [0.15, 0.2) is 0 Å². The van der Waals surface area contributed by atoms with E-state index in [4.69, 9.17) is 16.9 Å². The molecule has 0 saturated heterocycles. The molecule has 0 saturated carbocycles. The van der Waals surface area contributed by atoms with Crippen molar-refractivity contribution >= 4 is 8.69 Å². The predicted octanol–water partition coefficient (Wildman–Crippen LogP) is 0.361. The van der Waals surface area contributed by atoms with E-state index >= 15 is 0 Å². The molecule has 0 fully saturated rings. The summed E-state index contributed by atoms with van der Waals surface area (Å²) in [6.07, 6.45) is 4.76. The fourth-order valence-corrected chi connectivity index (χ4v) is 0.502. The Morgan fingerprint density at radius 1 is 1.50 bits per heavy atom. The van der Waals surface area contributed by atoms with E-state index in [0.29, 0.717) is 0 Å². The molecule has 0 amide bonds. The van der Waals surface area contributed by atoms with Gasteiger partial charge in [0.05, 0.1) is 0 Å². The molecule has 5 heteroatoms. The van der Waals surface area contributed by atoms with Crippen LogP contribution in [0.4, 0.5) is 0 Å². The Hall–Kier alpha value is -1.40. The number of nitrogens with zero attached hydrogens (tertiary/aromatic N) is 2. The van der Waals surface area contributed by atoms with E-state index in [1.165, 1.54) is 12.1 Å². The number of nitriles is 2. The molecule has 48 valence electrons. The van der Waals surface area contributed by atoms with Gasteiger partial charge in [-0.05, 0) is 10.5 Å². The molecule has 0 aromatic rings. The molecule has 0 radical (unpaired) electrons. The van der Waals surface area contributed by atoms with E-state index in [1.54, 1.807) is 5.92 Å². The van der Waals surface area contributed by atoms with Gasteiger partial charge in [-0.3, -0.25) is 0 Å². The van der Waals surface area contributed by atoms with Gasteiger partial charge in [0.15, 0.2) is 0 Å². The highest BCUT2D eigenvalue weighted by Crippen LogP contribution is 2.13. The zero-order valence-corrected chi connectivity index (χ0v) is 5.79. The summed E-state index contributed by atoms with van der Waals surface area (Å²) in [4.78, 5) is 0. The Kier molecular flexibility index (Phi) is 3.09. The van der Waals surface area contributed by atoms with Crippen LogP contribution in [0, 0.1) is 35.0 Å². The minimum atomic E-state index is -1.99. The second kappa shape index (κ2) is 3.59. The van der Waals surface area contributed by atoms with E-state index in [9.17, 15) is 4.57 Å². The zero-order valence-electron chi connectivity index (χ0n) is 4.79. The smallest absolute Gasteiger partial charge is 0.193 e. The Balaban J connectivity index is 4.60. The SMILES string of the molecule is C#CC(C#N)(C#N)O[PH+]=O. The van der Waals surface area contributed by atoms with Gasteiger partial charge < -0.3 is 0 Å². The van der Waals surface area contributed by atoms with Crippen LogP contribution in [0.25, 0.3) is 0 Å². The van der Waals surface area contributed by atoms with Crippen LogP contribution in [-0.2, 0) is 9.09 Å². The molecular weight excluding hydrogens is 151 g/mol. The lowest BCUT2D eigenvalue weighted by Crippen LogP contribution is -2.21. The van der Waals surface area contributed by atoms with Crippen molar-refractivity contribution in [1.29, 1.82) is 10.5 Å². The highest BCUT2D eigenvalue weighted by Gasteiger charge is 2.33. The van der Waals surface area contributed by atoms with Gasteiger partial charge in [-0.1, -0.05) is 4.52 Å². The molecule has 10 heavy (non-hydrogen) atoms. The maximum Gasteiger partial charge on any atom is 0.497 e. The third-order valence-corrected chi connectivity index (χ3v) is 1.10. The summed E-state index contributed by atoms with van der Waals surface area (Å²) in [5.41, 5.74) is -1.99. The molecule has 0 rings (SSSR count).